The SMILES string of the molecule is N#CCc1ccc(Nc2cccc(F)c2N)cc1. The number of nitrogen functional groups attached to an aromatic ring is 1. The van der Waals surface area contributed by atoms with Gasteiger partial charge in [0.15, 0.2) is 0 Å². The first-order valence-corrected chi connectivity index (χ1v) is 5.47. The van der Waals surface area contributed by atoms with Gasteiger partial charge in [0, 0.05) is 5.69 Å². The number of hydrogen-bond acceptors (Lipinski definition) is 3. The summed E-state index contributed by atoms with van der Waals surface area (Å²) in [5, 5.41) is 11.6. The lowest BCUT2D eigenvalue weighted by Crippen LogP contribution is -1.98. The van der Waals surface area contributed by atoms with Crippen LogP contribution in [-0.4, -0.2) is 0 Å². The Bertz CT molecular complexity index is 585. The van der Waals surface area contributed by atoms with Crippen LogP contribution in [-0.2, 0) is 6.42 Å². The van der Waals surface area contributed by atoms with Gasteiger partial charge in [0.1, 0.15) is 5.82 Å². The maximum atomic E-state index is 13.2. The van der Waals surface area contributed by atoms with Crippen molar-refractivity contribution in [1.82, 2.24) is 0 Å². The van der Waals surface area contributed by atoms with Crippen molar-refractivity contribution >= 4 is 17.1 Å². The molecule has 0 heterocycles. The van der Waals surface area contributed by atoms with E-state index < -0.39 is 5.82 Å². The second-order valence-electron chi connectivity index (χ2n) is 3.86. The number of hydrogen-bond donors (Lipinski definition) is 2. The van der Waals surface area contributed by atoms with Crippen molar-refractivity contribution in [2.45, 2.75) is 6.42 Å². The summed E-state index contributed by atoms with van der Waals surface area (Å²) in [4.78, 5) is 0. The van der Waals surface area contributed by atoms with Crippen LogP contribution in [0.5, 0.6) is 0 Å². The molecule has 0 saturated carbocycles. The van der Waals surface area contributed by atoms with E-state index >= 15 is 0 Å². The number of halogens is 1. The van der Waals surface area contributed by atoms with Gasteiger partial charge in [-0.05, 0) is 29.8 Å². The highest BCUT2D eigenvalue weighted by Gasteiger charge is 2.04. The van der Waals surface area contributed by atoms with Crippen LogP contribution < -0.4 is 11.1 Å². The summed E-state index contributed by atoms with van der Waals surface area (Å²) in [6, 6.07) is 14.1. The molecule has 3 nitrogen and oxygen atoms in total. The molecule has 0 saturated heterocycles. The van der Waals surface area contributed by atoms with Crippen LogP contribution in [0.4, 0.5) is 21.5 Å². The van der Waals surface area contributed by atoms with Gasteiger partial charge in [-0.25, -0.2) is 4.39 Å². The number of nitrogens with zero attached hydrogens (tertiary/aromatic N) is 1. The molecule has 18 heavy (non-hydrogen) atoms. The van der Waals surface area contributed by atoms with Crippen LogP contribution >= 0.6 is 0 Å². The predicted molar refractivity (Wildman–Crippen MR) is 69.9 cm³/mol. The molecule has 0 aliphatic heterocycles. The first-order chi connectivity index (χ1) is 8.70. The van der Waals surface area contributed by atoms with Gasteiger partial charge in [-0.2, -0.15) is 5.26 Å². The van der Waals surface area contributed by atoms with Crippen molar-refractivity contribution in [3.8, 4) is 6.07 Å². The normalized spacial score (nSPS) is 9.78. The van der Waals surface area contributed by atoms with E-state index in [0.717, 1.165) is 11.3 Å². The average Bonchev–Trinajstić information content (AvgIpc) is 2.38. The van der Waals surface area contributed by atoms with E-state index in [1.165, 1.54) is 6.07 Å². The molecule has 0 aromatic heterocycles. The molecule has 0 bridgehead atoms. The fourth-order valence-electron chi connectivity index (χ4n) is 1.60. The van der Waals surface area contributed by atoms with E-state index in [4.69, 9.17) is 11.0 Å². The lowest BCUT2D eigenvalue weighted by atomic mass is 10.1. The van der Waals surface area contributed by atoms with Gasteiger partial charge in [0.05, 0.1) is 23.9 Å². The standard InChI is InChI=1S/C14H12FN3/c15-12-2-1-3-13(14(12)17)18-11-6-4-10(5-7-11)8-9-16/h1-7,18H,8,17H2. The molecular formula is C14H12FN3. The molecule has 3 N–H and O–H groups in total. The zero-order chi connectivity index (χ0) is 13.0. The molecule has 2 aromatic rings. The number of benzene rings is 2. The first-order valence-electron chi connectivity index (χ1n) is 5.47. The van der Waals surface area contributed by atoms with Crippen LogP contribution in [0.1, 0.15) is 5.56 Å². The summed E-state index contributed by atoms with van der Waals surface area (Å²) in [5.41, 5.74) is 7.99. The zero-order valence-corrected chi connectivity index (χ0v) is 9.65. The summed E-state index contributed by atoms with van der Waals surface area (Å²) in [7, 11) is 0. The maximum absolute atomic E-state index is 13.2. The van der Waals surface area contributed by atoms with Crippen molar-refractivity contribution in [2.24, 2.45) is 0 Å². The molecule has 0 aliphatic carbocycles. The molecule has 0 aliphatic rings. The third kappa shape index (κ3) is 2.58. The minimum atomic E-state index is -0.443. The van der Waals surface area contributed by atoms with Crippen molar-refractivity contribution in [1.29, 1.82) is 5.26 Å². The number of anilines is 3. The first kappa shape index (κ1) is 11.9. The third-order valence-electron chi connectivity index (χ3n) is 2.57. The van der Waals surface area contributed by atoms with Crippen molar-refractivity contribution in [2.75, 3.05) is 11.1 Å². The molecule has 0 radical (unpaired) electrons. The number of nitrogens with one attached hydrogen (secondary N) is 1. The molecule has 0 fully saturated rings. The van der Waals surface area contributed by atoms with Crippen molar-refractivity contribution in [3.05, 3.63) is 53.8 Å². The predicted octanol–water partition coefficient (Wildman–Crippen LogP) is 3.22. The Kier molecular flexibility index (Phi) is 3.44. The average molecular weight is 241 g/mol. The molecule has 0 amide bonds. The van der Waals surface area contributed by atoms with Gasteiger partial charge >= 0.3 is 0 Å². The van der Waals surface area contributed by atoms with Crippen LogP contribution in [0.15, 0.2) is 42.5 Å². The molecule has 2 aromatic carbocycles. The smallest absolute Gasteiger partial charge is 0.148 e. The van der Waals surface area contributed by atoms with Crippen LogP contribution in [0.25, 0.3) is 0 Å². The third-order valence-corrected chi connectivity index (χ3v) is 2.57. The molecule has 4 heteroatoms. The quantitative estimate of drug-likeness (QED) is 0.811. The lowest BCUT2D eigenvalue weighted by molar-refractivity contribution is 0.633. The highest BCUT2D eigenvalue weighted by Crippen LogP contribution is 2.25. The minimum Gasteiger partial charge on any atom is -0.395 e. The van der Waals surface area contributed by atoms with Gasteiger partial charge in [-0.1, -0.05) is 18.2 Å². The fraction of sp³-hybridized carbons (Fsp3) is 0.0714. The number of rotatable bonds is 3. The second kappa shape index (κ2) is 5.19. The highest BCUT2D eigenvalue weighted by atomic mass is 19.1. The number of nitriles is 1. The van der Waals surface area contributed by atoms with Gasteiger partial charge in [-0.3, -0.25) is 0 Å². The Labute approximate surface area is 105 Å². The highest BCUT2D eigenvalue weighted by molar-refractivity contribution is 5.72. The summed E-state index contributed by atoms with van der Waals surface area (Å²) < 4.78 is 13.2. The van der Waals surface area contributed by atoms with Gasteiger partial charge < -0.3 is 11.1 Å². The Morgan fingerprint density at radius 2 is 1.89 bits per heavy atom. The van der Waals surface area contributed by atoms with E-state index in [1.54, 1.807) is 12.1 Å². The zero-order valence-electron chi connectivity index (χ0n) is 9.65. The molecule has 0 spiro atoms. The molecule has 0 unspecified atom stereocenters. The Morgan fingerprint density at radius 3 is 2.56 bits per heavy atom. The topological polar surface area (TPSA) is 61.8 Å². The van der Waals surface area contributed by atoms with E-state index in [2.05, 4.69) is 11.4 Å². The van der Waals surface area contributed by atoms with Gasteiger partial charge in [-0.15, -0.1) is 0 Å². The van der Waals surface area contributed by atoms with Gasteiger partial charge in [0.2, 0.25) is 0 Å². The summed E-state index contributed by atoms with van der Waals surface area (Å²) in [6.07, 6.45) is 0.377. The summed E-state index contributed by atoms with van der Waals surface area (Å²) in [5.74, 6) is -0.443. The van der Waals surface area contributed by atoms with E-state index in [1.807, 2.05) is 24.3 Å². The lowest BCUT2D eigenvalue weighted by Gasteiger charge is -2.10. The molecule has 90 valence electrons. The van der Waals surface area contributed by atoms with E-state index in [0.29, 0.717) is 12.1 Å². The van der Waals surface area contributed by atoms with Crippen LogP contribution in [0.3, 0.4) is 0 Å². The summed E-state index contributed by atoms with van der Waals surface area (Å²) in [6.45, 7) is 0. The van der Waals surface area contributed by atoms with Gasteiger partial charge in [0.25, 0.3) is 0 Å². The largest absolute Gasteiger partial charge is 0.395 e. The Balaban J connectivity index is 2.19. The monoisotopic (exact) mass is 241 g/mol. The Morgan fingerprint density at radius 1 is 1.17 bits per heavy atom. The van der Waals surface area contributed by atoms with E-state index in [9.17, 15) is 4.39 Å². The second-order valence-corrected chi connectivity index (χ2v) is 3.86. The van der Waals surface area contributed by atoms with Crippen LogP contribution in [0, 0.1) is 17.1 Å². The summed E-state index contributed by atoms with van der Waals surface area (Å²) >= 11 is 0. The maximum Gasteiger partial charge on any atom is 0.148 e. The van der Waals surface area contributed by atoms with Crippen molar-refractivity contribution < 1.29 is 4.39 Å². The minimum absolute atomic E-state index is 0.0959. The van der Waals surface area contributed by atoms with Crippen molar-refractivity contribution in [3.63, 3.8) is 0 Å². The van der Waals surface area contributed by atoms with Crippen LogP contribution in [0.2, 0.25) is 0 Å². The molecule has 2 rings (SSSR count). The number of para-hydroxylation sites is 1. The molecule has 0 atom stereocenters. The van der Waals surface area contributed by atoms with E-state index in [-0.39, 0.29) is 5.69 Å². The fourth-order valence-corrected chi connectivity index (χ4v) is 1.60. The molecular weight excluding hydrogens is 229 g/mol. The number of nitrogens with two attached hydrogens (primary N) is 1. The Hall–Kier alpha value is -2.54.